The molecule has 1 atom stereocenters. The minimum Gasteiger partial charge on any atom is -0.480 e. The molecule has 2 aromatic rings. The Morgan fingerprint density at radius 1 is 1.20 bits per heavy atom. The highest BCUT2D eigenvalue weighted by Crippen LogP contribution is 2.34. The van der Waals surface area contributed by atoms with Gasteiger partial charge in [0.1, 0.15) is 4.75 Å². The average molecular weight is 306 g/mol. The minimum atomic E-state index is -0.996. The molecule has 1 heterocycles. The molecule has 1 aromatic heterocycles. The molecule has 1 aromatic carbocycles. The number of aliphatic carboxylic acids is 1. The van der Waals surface area contributed by atoms with E-state index < -0.39 is 10.7 Å². The van der Waals surface area contributed by atoms with Gasteiger partial charge in [0.25, 0.3) is 0 Å². The Bertz CT molecular complexity index is 617. The second-order valence-corrected chi connectivity index (χ2v) is 6.60. The van der Waals surface area contributed by atoms with Crippen LogP contribution in [0.1, 0.15) is 27.7 Å². The van der Waals surface area contributed by atoms with Crippen LogP contribution in [0.3, 0.4) is 0 Å². The molecular formula is C15H14O3S2. The molecule has 5 heteroatoms. The molecule has 2 rings (SSSR count). The molecule has 0 saturated heterocycles. The zero-order valence-corrected chi connectivity index (χ0v) is 12.8. The molecule has 0 spiro atoms. The van der Waals surface area contributed by atoms with Gasteiger partial charge in [0.15, 0.2) is 0 Å². The number of hydrogen-bond donors (Lipinski definition) is 1. The highest BCUT2D eigenvalue weighted by Gasteiger charge is 2.34. The monoisotopic (exact) mass is 306 g/mol. The summed E-state index contributed by atoms with van der Waals surface area (Å²) in [5, 5.41) is 11.2. The van der Waals surface area contributed by atoms with E-state index in [1.807, 2.05) is 11.4 Å². The minimum absolute atomic E-state index is 0.0345. The van der Waals surface area contributed by atoms with Crippen LogP contribution in [0, 0.1) is 0 Å². The van der Waals surface area contributed by atoms with Crippen LogP contribution in [0.25, 0.3) is 0 Å². The zero-order chi connectivity index (χ0) is 14.8. The summed E-state index contributed by atoms with van der Waals surface area (Å²) in [5.41, 5.74) is 1.25. The molecule has 1 unspecified atom stereocenters. The first-order chi connectivity index (χ1) is 9.49. The van der Waals surface area contributed by atoms with E-state index in [1.165, 1.54) is 23.1 Å². The van der Waals surface area contributed by atoms with Crippen molar-refractivity contribution < 1.29 is 14.7 Å². The maximum atomic E-state index is 12.2. The lowest BCUT2D eigenvalue weighted by Gasteiger charge is -2.22. The first-order valence-electron chi connectivity index (χ1n) is 5.96. The van der Waals surface area contributed by atoms with Gasteiger partial charge in [0.2, 0.25) is 5.78 Å². The van der Waals surface area contributed by atoms with Gasteiger partial charge in [-0.2, -0.15) is 0 Å². The van der Waals surface area contributed by atoms with E-state index in [4.69, 9.17) is 0 Å². The number of carbonyl (C=O) groups excluding carboxylic acids is 1. The van der Waals surface area contributed by atoms with Crippen LogP contribution >= 0.6 is 23.1 Å². The van der Waals surface area contributed by atoms with Crippen molar-refractivity contribution in [3.63, 3.8) is 0 Å². The summed E-state index contributed by atoms with van der Waals surface area (Å²) >= 11 is 2.66. The van der Waals surface area contributed by atoms with Crippen molar-refractivity contribution in [2.45, 2.75) is 11.7 Å². The number of carbonyl (C=O) groups is 2. The number of carboxylic acids is 1. The van der Waals surface area contributed by atoms with E-state index in [1.54, 1.807) is 43.5 Å². The Hall–Kier alpha value is -1.59. The number of benzene rings is 1. The maximum absolute atomic E-state index is 12.2. The highest BCUT2D eigenvalue weighted by atomic mass is 32.2. The molecule has 0 radical (unpaired) electrons. The summed E-state index contributed by atoms with van der Waals surface area (Å²) in [5.74, 6) is -0.921. The molecule has 104 valence electrons. The Kier molecular flexibility index (Phi) is 4.30. The van der Waals surface area contributed by atoms with Crippen molar-refractivity contribution >= 4 is 34.9 Å². The predicted molar refractivity (Wildman–Crippen MR) is 82.7 cm³/mol. The fourth-order valence-electron chi connectivity index (χ4n) is 1.82. The zero-order valence-electron chi connectivity index (χ0n) is 11.1. The average Bonchev–Trinajstić information content (AvgIpc) is 2.99. The highest BCUT2D eigenvalue weighted by molar-refractivity contribution is 8.00. The molecule has 0 saturated carbocycles. The molecule has 0 aliphatic rings. The van der Waals surface area contributed by atoms with Crippen molar-refractivity contribution in [1.29, 1.82) is 0 Å². The van der Waals surface area contributed by atoms with E-state index in [9.17, 15) is 14.7 Å². The number of carboxylic acid groups (broad SMARTS) is 1. The standard InChI is InChI=1S/C15H14O3S2/c1-15(19-2,14(17)18)11-7-5-10(6-8-11)13(16)12-4-3-9-20-12/h3-9H,1-2H3,(H,17,18). The van der Waals surface area contributed by atoms with Crippen molar-refractivity contribution in [2.75, 3.05) is 6.26 Å². The number of thiophene rings is 1. The third-order valence-electron chi connectivity index (χ3n) is 3.26. The maximum Gasteiger partial charge on any atom is 0.324 e. The van der Waals surface area contributed by atoms with Crippen LogP contribution in [-0.2, 0) is 9.54 Å². The number of thioether (sulfide) groups is 1. The van der Waals surface area contributed by atoms with Gasteiger partial charge < -0.3 is 5.11 Å². The van der Waals surface area contributed by atoms with Crippen LogP contribution in [0.4, 0.5) is 0 Å². The topological polar surface area (TPSA) is 54.4 Å². The third kappa shape index (κ3) is 2.64. The molecule has 0 aliphatic carbocycles. The van der Waals surface area contributed by atoms with Gasteiger partial charge in [0, 0.05) is 5.56 Å². The molecule has 20 heavy (non-hydrogen) atoms. The van der Waals surface area contributed by atoms with Gasteiger partial charge in [-0.25, -0.2) is 0 Å². The van der Waals surface area contributed by atoms with E-state index in [2.05, 4.69) is 0 Å². The van der Waals surface area contributed by atoms with Gasteiger partial charge in [-0.15, -0.1) is 23.1 Å². The molecule has 1 N–H and O–H groups in total. The molecule has 0 fully saturated rings. The lowest BCUT2D eigenvalue weighted by Crippen LogP contribution is -2.28. The quantitative estimate of drug-likeness (QED) is 0.857. The van der Waals surface area contributed by atoms with Crippen molar-refractivity contribution in [3.8, 4) is 0 Å². The summed E-state index contributed by atoms with van der Waals surface area (Å²) in [4.78, 5) is 24.2. The summed E-state index contributed by atoms with van der Waals surface area (Å²) < 4.78 is -0.996. The smallest absolute Gasteiger partial charge is 0.324 e. The predicted octanol–water partition coefficient (Wildman–Crippen LogP) is 3.64. The summed E-state index contributed by atoms with van der Waals surface area (Å²) in [6, 6.07) is 10.4. The number of hydrogen-bond acceptors (Lipinski definition) is 4. The molecule has 0 aliphatic heterocycles. The van der Waals surface area contributed by atoms with E-state index in [0.717, 1.165) is 0 Å². The van der Waals surface area contributed by atoms with Gasteiger partial charge >= 0.3 is 5.97 Å². The normalized spacial score (nSPS) is 13.7. The van der Waals surface area contributed by atoms with Crippen molar-refractivity contribution in [3.05, 3.63) is 57.8 Å². The molecule has 0 amide bonds. The van der Waals surface area contributed by atoms with Gasteiger partial charge in [-0.05, 0) is 30.2 Å². The Morgan fingerprint density at radius 2 is 1.85 bits per heavy atom. The lowest BCUT2D eigenvalue weighted by atomic mass is 9.98. The second kappa shape index (κ2) is 5.81. The Morgan fingerprint density at radius 3 is 2.30 bits per heavy atom. The first-order valence-corrected chi connectivity index (χ1v) is 8.07. The summed E-state index contributed by atoms with van der Waals surface area (Å²) in [6.07, 6.45) is 1.76. The van der Waals surface area contributed by atoms with E-state index in [-0.39, 0.29) is 5.78 Å². The fraction of sp³-hybridized carbons (Fsp3) is 0.200. The van der Waals surface area contributed by atoms with Gasteiger partial charge in [0.05, 0.1) is 4.88 Å². The van der Waals surface area contributed by atoms with Crippen molar-refractivity contribution in [2.24, 2.45) is 0 Å². The first kappa shape index (κ1) is 14.8. The number of ketones is 1. The van der Waals surface area contributed by atoms with Crippen LogP contribution in [-0.4, -0.2) is 23.1 Å². The fourth-order valence-corrected chi connectivity index (χ4v) is 3.05. The van der Waals surface area contributed by atoms with Crippen LogP contribution in [0.5, 0.6) is 0 Å². The summed E-state index contributed by atoms with van der Waals surface area (Å²) in [7, 11) is 0. The van der Waals surface area contributed by atoms with Crippen LogP contribution in [0.15, 0.2) is 41.8 Å². The van der Waals surface area contributed by atoms with Crippen molar-refractivity contribution in [1.82, 2.24) is 0 Å². The van der Waals surface area contributed by atoms with Crippen LogP contribution in [0.2, 0.25) is 0 Å². The van der Waals surface area contributed by atoms with Crippen LogP contribution < -0.4 is 0 Å². The summed E-state index contributed by atoms with van der Waals surface area (Å²) in [6.45, 7) is 1.66. The Labute approximate surface area is 125 Å². The Balaban J connectivity index is 2.31. The lowest BCUT2D eigenvalue weighted by molar-refractivity contribution is -0.139. The number of rotatable bonds is 5. The van der Waals surface area contributed by atoms with Gasteiger partial charge in [-0.3, -0.25) is 9.59 Å². The SMILES string of the molecule is CSC(C)(C(=O)O)c1ccc(C(=O)c2cccs2)cc1. The second-order valence-electron chi connectivity index (χ2n) is 4.43. The van der Waals surface area contributed by atoms with E-state index in [0.29, 0.717) is 16.0 Å². The molecular weight excluding hydrogens is 292 g/mol. The molecule has 0 bridgehead atoms. The van der Waals surface area contributed by atoms with E-state index >= 15 is 0 Å². The molecule has 3 nitrogen and oxygen atoms in total. The largest absolute Gasteiger partial charge is 0.480 e. The third-order valence-corrected chi connectivity index (χ3v) is 5.35. The van der Waals surface area contributed by atoms with Gasteiger partial charge in [-0.1, -0.05) is 30.3 Å².